The molecule has 1 aliphatic heterocycles. The van der Waals surface area contributed by atoms with Crippen LogP contribution in [0.1, 0.15) is 27.2 Å². The second kappa shape index (κ2) is 6.05. The van der Waals surface area contributed by atoms with Gasteiger partial charge in [0.05, 0.1) is 12.7 Å². The van der Waals surface area contributed by atoms with Crippen LogP contribution < -0.4 is 5.32 Å². The quantitative estimate of drug-likeness (QED) is 0.898. The van der Waals surface area contributed by atoms with Gasteiger partial charge >= 0.3 is 6.09 Å². The van der Waals surface area contributed by atoms with E-state index >= 15 is 0 Å². The lowest BCUT2D eigenvalue weighted by atomic mass is 10.2. The predicted molar refractivity (Wildman–Crippen MR) is 77.0 cm³/mol. The largest absolute Gasteiger partial charge is 0.444 e. The molecule has 0 aromatic carbocycles. The second-order valence-electron chi connectivity index (χ2n) is 6.26. The van der Waals surface area contributed by atoms with Crippen molar-refractivity contribution in [3.63, 3.8) is 0 Å². The maximum Gasteiger partial charge on any atom is 0.411 e. The van der Waals surface area contributed by atoms with E-state index in [1.54, 1.807) is 20.8 Å². The van der Waals surface area contributed by atoms with Gasteiger partial charge in [0.1, 0.15) is 11.6 Å². The highest BCUT2D eigenvalue weighted by Crippen LogP contribution is 2.33. The highest BCUT2D eigenvalue weighted by Gasteiger charge is 2.51. The van der Waals surface area contributed by atoms with Gasteiger partial charge in [-0.2, -0.15) is 0 Å². The molecule has 23 heavy (non-hydrogen) atoms. The maximum atomic E-state index is 13.7. The summed E-state index contributed by atoms with van der Waals surface area (Å²) in [6.07, 6.45) is 2.33. The van der Waals surface area contributed by atoms with E-state index in [9.17, 15) is 18.4 Å². The summed E-state index contributed by atoms with van der Waals surface area (Å²) in [5.41, 5.74) is -0.846. The molecule has 2 rings (SSSR count). The van der Waals surface area contributed by atoms with Gasteiger partial charge in [0.15, 0.2) is 5.82 Å². The third kappa shape index (κ3) is 4.57. The minimum atomic E-state index is -3.15. The Bertz CT molecular complexity index is 589. The topological polar surface area (TPSA) is 84.4 Å². The Morgan fingerprint density at radius 3 is 2.65 bits per heavy atom. The summed E-state index contributed by atoms with van der Waals surface area (Å²) in [6, 6.07) is -1.33. The SMILES string of the molecule is CC(C)(C)OC(=O)N1CC(F)(F)CC1C(=O)Nc1cnccn1. The Morgan fingerprint density at radius 2 is 2.09 bits per heavy atom. The van der Waals surface area contributed by atoms with E-state index in [-0.39, 0.29) is 5.82 Å². The summed E-state index contributed by atoms with van der Waals surface area (Å²) >= 11 is 0. The van der Waals surface area contributed by atoms with Gasteiger partial charge in [-0.05, 0) is 20.8 Å². The van der Waals surface area contributed by atoms with Gasteiger partial charge in [0, 0.05) is 18.8 Å². The molecule has 0 radical (unpaired) electrons. The molecule has 1 aromatic heterocycles. The van der Waals surface area contributed by atoms with Crippen molar-refractivity contribution in [3.8, 4) is 0 Å². The molecular formula is C14H18F2N4O3. The first-order chi connectivity index (χ1) is 10.6. The summed E-state index contributed by atoms with van der Waals surface area (Å²) in [5.74, 6) is -3.79. The Labute approximate surface area is 132 Å². The van der Waals surface area contributed by atoms with E-state index in [4.69, 9.17) is 4.74 Å². The summed E-state index contributed by atoms with van der Waals surface area (Å²) in [5, 5.41) is 2.37. The van der Waals surface area contributed by atoms with Crippen molar-refractivity contribution in [3.05, 3.63) is 18.6 Å². The van der Waals surface area contributed by atoms with Crippen LogP contribution in [0.4, 0.5) is 19.4 Å². The molecule has 2 amide bonds. The van der Waals surface area contributed by atoms with Crippen LogP contribution in [0.5, 0.6) is 0 Å². The fourth-order valence-electron chi connectivity index (χ4n) is 2.14. The number of amides is 2. The van der Waals surface area contributed by atoms with Gasteiger partial charge in [0.25, 0.3) is 5.92 Å². The number of aromatic nitrogens is 2. The van der Waals surface area contributed by atoms with Gasteiger partial charge in [-0.3, -0.25) is 14.7 Å². The zero-order valence-electron chi connectivity index (χ0n) is 13.0. The highest BCUT2D eigenvalue weighted by molar-refractivity contribution is 5.96. The second-order valence-corrected chi connectivity index (χ2v) is 6.26. The van der Waals surface area contributed by atoms with E-state index < -0.39 is 42.5 Å². The monoisotopic (exact) mass is 328 g/mol. The lowest BCUT2D eigenvalue weighted by Crippen LogP contribution is -2.45. The number of alkyl halides is 2. The number of hydrogen-bond donors (Lipinski definition) is 1. The molecule has 2 heterocycles. The summed E-state index contributed by atoms with van der Waals surface area (Å²) in [6.45, 7) is 4.00. The molecule has 1 unspecified atom stereocenters. The number of hydrogen-bond acceptors (Lipinski definition) is 5. The van der Waals surface area contributed by atoms with Gasteiger partial charge in [0.2, 0.25) is 5.91 Å². The van der Waals surface area contributed by atoms with Crippen molar-refractivity contribution in [1.29, 1.82) is 0 Å². The zero-order valence-corrected chi connectivity index (χ0v) is 13.0. The van der Waals surface area contributed by atoms with Crippen molar-refractivity contribution >= 4 is 17.8 Å². The first-order valence-corrected chi connectivity index (χ1v) is 7.02. The lowest BCUT2D eigenvalue weighted by molar-refractivity contribution is -0.120. The number of ether oxygens (including phenoxy) is 1. The maximum absolute atomic E-state index is 13.7. The van der Waals surface area contributed by atoms with Gasteiger partial charge in [-0.25, -0.2) is 18.6 Å². The number of anilines is 1. The van der Waals surface area contributed by atoms with Crippen LogP contribution in [0, 0.1) is 0 Å². The summed E-state index contributed by atoms with van der Waals surface area (Å²) in [7, 11) is 0. The number of rotatable bonds is 2. The van der Waals surface area contributed by atoms with Crippen LogP contribution >= 0.6 is 0 Å². The standard InChI is InChI=1S/C14H18F2N4O3/c1-13(2,3)23-12(22)20-8-14(15,16)6-9(20)11(21)19-10-7-17-4-5-18-10/h4-5,7,9H,6,8H2,1-3H3,(H,18,19,21). The molecule has 0 bridgehead atoms. The summed E-state index contributed by atoms with van der Waals surface area (Å²) in [4.78, 5) is 32.7. The molecule has 1 aliphatic rings. The number of likely N-dealkylation sites (tertiary alicyclic amines) is 1. The van der Waals surface area contributed by atoms with Gasteiger partial charge in [-0.1, -0.05) is 0 Å². The molecule has 1 atom stereocenters. The Balaban J connectivity index is 2.13. The highest BCUT2D eigenvalue weighted by atomic mass is 19.3. The van der Waals surface area contributed by atoms with E-state index in [0.717, 1.165) is 4.90 Å². The molecule has 1 saturated heterocycles. The van der Waals surface area contributed by atoms with Crippen LogP contribution in [0.2, 0.25) is 0 Å². The molecule has 0 spiro atoms. The van der Waals surface area contributed by atoms with Crippen molar-refractivity contribution in [2.24, 2.45) is 0 Å². The van der Waals surface area contributed by atoms with Crippen molar-refractivity contribution in [1.82, 2.24) is 14.9 Å². The Kier molecular flexibility index (Phi) is 4.49. The van der Waals surface area contributed by atoms with E-state index in [1.165, 1.54) is 18.6 Å². The summed E-state index contributed by atoms with van der Waals surface area (Å²) < 4.78 is 32.5. The lowest BCUT2D eigenvalue weighted by Gasteiger charge is -2.27. The van der Waals surface area contributed by atoms with Crippen molar-refractivity contribution < 1.29 is 23.1 Å². The molecule has 0 aliphatic carbocycles. The molecule has 9 heteroatoms. The third-order valence-corrected chi connectivity index (χ3v) is 3.01. The fourth-order valence-corrected chi connectivity index (χ4v) is 2.14. The Morgan fingerprint density at radius 1 is 1.39 bits per heavy atom. The number of halogens is 2. The number of nitrogens with zero attached hydrogens (tertiary/aromatic N) is 3. The van der Waals surface area contributed by atoms with E-state index in [2.05, 4.69) is 15.3 Å². The zero-order chi connectivity index (χ0) is 17.3. The molecule has 1 fully saturated rings. The van der Waals surface area contributed by atoms with Crippen LogP contribution in [0.25, 0.3) is 0 Å². The minimum Gasteiger partial charge on any atom is -0.444 e. The van der Waals surface area contributed by atoms with E-state index in [0.29, 0.717) is 0 Å². The van der Waals surface area contributed by atoms with Crippen molar-refractivity contribution in [2.45, 2.75) is 44.8 Å². The molecular weight excluding hydrogens is 310 g/mol. The molecule has 0 saturated carbocycles. The van der Waals surface area contributed by atoms with Gasteiger partial charge < -0.3 is 10.1 Å². The number of nitrogens with one attached hydrogen (secondary N) is 1. The van der Waals surface area contributed by atoms with Crippen LogP contribution in [-0.4, -0.2) is 51.0 Å². The molecule has 126 valence electrons. The number of carbonyl (C=O) groups is 2. The molecule has 1 aromatic rings. The smallest absolute Gasteiger partial charge is 0.411 e. The first-order valence-electron chi connectivity index (χ1n) is 7.02. The van der Waals surface area contributed by atoms with Crippen molar-refractivity contribution in [2.75, 3.05) is 11.9 Å². The average Bonchev–Trinajstić information content (AvgIpc) is 2.74. The van der Waals surface area contributed by atoms with Crippen LogP contribution in [0.3, 0.4) is 0 Å². The molecule has 7 nitrogen and oxygen atoms in total. The van der Waals surface area contributed by atoms with Gasteiger partial charge in [-0.15, -0.1) is 0 Å². The van der Waals surface area contributed by atoms with Crippen LogP contribution in [0.15, 0.2) is 18.6 Å². The first kappa shape index (κ1) is 17.0. The minimum absolute atomic E-state index is 0.122. The Hall–Kier alpha value is -2.32. The average molecular weight is 328 g/mol. The van der Waals surface area contributed by atoms with Crippen LogP contribution in [-0.2, 0) is 9.53 Å². The number of carbonyl (C=O) groups excluding carboxylic acids is 2. The normalized spacial score (nSPS) is 20.2. The third-order valence-electron chi connectivity index (χ3n) is 3.01. The fraction of sp³-hybridized carbons (Fsp3) is 0.571. The predicted octanol–water partition coefficient (Wildman–Crippen LogP) is 2.06. The van der Waals surface area contributed by atoms with E-state index in [1.807, 2.05) is 0 Å². The molecule has 1 N–H and O–H groups in total.